The van der Waals surface area contributed by atoms with Gasteiger partial charge in [0.1, 0.15) is 17.5 Å². The summed E-state index contributed by atoms with van der Waals surface area (Å²) in [6.45, 7) is 3.16. The second-order valence-corrected chi connectivity index (χ2v) is 5.33. The Kier molecular flexibility index (Phi) is 4.35. The molecule has 0 aliphatic carbocycles. The minimum atomic E-state index is -0.617. The first-order valence-electron chi connectivity index (χ1n) is 7.06. The molecule has 2 rings (SSSR count). The number of nitrogens with zero attached hydrogens (tertiary/aromatic N) is 2. The molecule has 1 saturated heterocycles. The molecular weight excluding hydrogens is 274 g/mol. The number of piperidine rings is 1. The molecule has 8 nitrogen and oxygen atoms in total. The fraction of sp³-hybridized carbons (Fsp3) is 0.615. The van der Waals surface area contributed by atoms with Crippen LogP contribution in [0.1, 0.15) is 26.2 Å². The lowest BCUT2D eigenvalue weighted by Crippen LogP contribution is -2.45. The van der Waals surface area contributed by atoms with Gasteiger partial charge in [-0.05, 0) is 26.2 Å². The highest BCUT2D eigenvalue weighted by Crippen LogP contribution is 2.14. The van der Waals surface area contributed by atoms with E-state index in [1.54, 1.807) is 11.8 Å². The van der Waals surface area contributed by atoms with E-state index in [9.17, 15) is 14.4 Å². The third-order valence-electron chi connectivity index (χ3n) is 3.77. The van der Waals surface area contributed by atoms with Crippen molar-refractivity contribution in [3.05, 3.63) is 20.8 Å². The topological polar surface area (TPSA) is 113 Å². The van der Waals surface area contributed by atoms with E-state index in [1.165, 1.54) is 7.05 Å². The van der Waals surface area contributed by atoms with Gasteiger partial charge >= 0.3 is 5.69 Å². The van der Waals surface area contributed by atoms with Crippen LogP contribution in [0.25, 0.3) is 0 Å². The average Bonchev–Trinajstić information content (AvgIpc) is 2.49. The molecule has 1 aromatic rings. The summed E-state index contributed by atoms with van der Waals surface area (Å²) in [5, 5.41) is 2.82. The highest BCUT2D eigenvalue weighted by Gasteiger charge is 2.23. The second-order valence-electron chi connectivity index (χ2n) is 5.33. The lowest BCUT2D eigenvalue weighted by molar-refractivity contribution is -0.132. The molecule has 1 fully saturated rings. The molecule has 2 heterocycles. The van der Waals surface area contributed by atoms with Crippen LogP contribution in [0.5, 0.6) is 0 Å². The van der Waals surface area contributed by atoms with Crippen LogP contribution in [0.3, 0.4) is 0 Å². The van der Waals surface area contributed by atoms with Gasteiger partial charge in [0.05, 0.1) is 0 Å². The van der Waals surface area contributed by atoms with E-state index < -0.39 is 17.3 Å². The summed E-state index contributed by atoms with van der Waals surface area (Å²) in [4.78, 5) is 39.5. The molecule has 1 amide bonds. The molecule has 0 aromatic carbocycles. The normalized spacial score (nSPS) is 16.6. The summed E-state index contributed by atoms with van der Waals surface area (Å²) in [7, 11) is 1.45. The smallest absolute Gasteiger partial charge is 0.329 e. The van der Waals surface area contributed by atoms with Crippen molar-refractivity contribution in [2.24, 2.45) is 7.05 Å². The number of rotatable bonds is 3. The molecule has 116 valence electrons. The number of nitrogens with two attached hydrogens (primary N) is 1. The van der Waals surface area contributed by atoms with Gasteiger partial charge in [0.25, 0.3) is 5.56 Å². The monoisotopic (exact) mass is 295 g/mol. The maximum atomic E-state index is 12.3. The fourth-order valence-electron chi connectivity index (χ4n) is 2.44. The first-order chi connectivity index (χ1) is 9.91. The number of likely N-dealkylation sites (tertiary alicyclic amines) is 1. The van der Waals surface area contributed by atoms with Crippen LogP contribution in [-0.2, 0) is 11.8 Å². The van der Waals surface area contributed by atoms with Crippen molar-refractivity contribution < 1.29 is 4.79 Å². The summed E-state index contributed by atoms with van der Waals surface area (Å²) in [5.41, 5.74) is 4.62. The van der Waals surface area contributed by atoms with E-state index in [-0.39, 0.29) is 17.4 Å². The summed E-state index contributed by atoms with van der Waals surface area (Å²) >= 11 is 0. The number of H-pyrrole nitrogens is 1. The third-order valence-corrected chi connectivity index (χ3v) is 3.77. The van der Waals surface area contributed by atoms with E-state index in [0.717, 1.165) is 36.9 Å². The van der Waals surface area contributed by atoms with Gasteiger partial charge in [0.15, 0.2) is 0 Å². The summed E-state index contributed by atoms with van der Waals surface area (Å²) < 4.78 is 1.13. The zero-order chi connectivity index (χ0) is 15.6. The first-order valence-corrected chi connectivity index (χ1v) is 7.06. The number of aromatic nitrogens is 2. The van der Waals surface area contributed by atoms with Crippen molar-refractivity contribution in [2.45, 2.75) is 32.2 Å². The minimum Gasteiger partial charge on any atom is -0.383 e. The van der Waals surface area contributed by atoms with E-state index in [1.807, 2.05) is 0 Å². The lowest BCUT2D eigenvalue weighted by Gasteiger charge is -2.29. The van der Waals surface area contributed by atoms with Gasteiger partial charge in [-0.1, -0.05) is 0 Å². The molecule has 0 spiro atoms. The molecule has 8 heteroatoms. The van der Waals surface area contributed by atoms with E-state index in [0.29, 0.717) is 0 Å². The Bertz CT molecular complexity index is 642. The summed E-state index contributed by atoms with van der Waals surface area (Å²) in [6.07, 6.45) is 3.14. The van der Waals surface area contributed by atoms with Crippen LogP contribution >= 0.6 is 0 Å². The minimum absolute atomic E-state index is 0.0158. The van der Waals surface area contributed by atoms with Gasteiger partial charge in [-0.15, -0.1) is 0 Å². The van der Waals surface area contributed by atoms with Crippen LogP contribution in [0.2, 0.25) is 0 Å². The van der Waals surface area contributed by atoms with Crippen LogP contribution < -0.4 is 22.3 Å². The Morgan fingerprint density at radius 1 is 1.29 bits per heavy atom. The Labute approximate surface area is 121 Å². The number of carbonyl (C=O) groups excluding carboxylic acids is 1. The largest absolute Gasteiger partial charge is 0.383 e. The zero-order valence-corrected chi connectivity index (χ0v) is 12.3. The van der Waals surface area contributed by atoms with Crippen molar-refractivity contribution >= 4 is 17.4 Å². The number of aromatic amines is 1. The maximum absolute atomic E-state index is 12.3. The Hall–Kier alpha value is -2.25. The van der Waals surface area contributed by atoms with Crippen LogP contribution in [0.4, 0.5) is 11.5 Å². The van der Waals surface area contributed by atoms with Gasteiger partial charge in [-0.25, -0.2) is 4.79 Å². The molecule has 1 atom stereocenters. The highest BCUT2D eigenvalue weighted by atomic mass is 16.2. The molecule has 1 aromatic heterocycles. The molecular formula is C13H21N5O3. The molecule has 0 radical (unpaired) electrons. The third kappa shape index (κ3) is 3.09. The molecule has 1 unspecified atom stereocenters. The van der Waals surface area contributed by atoms with Crippen LogP contribution in [0, 0.1) is 0 Å². The average molecular weight is 295 g/mol. The zero-order valence-electron chi connectivity index (χ0n) is 12.3. The molecule has 1 aliphatic heterocycles. The Morgan fingerprint density at radius 2 is 1.90 bits per heavy atom. The fourth-order valence-corrected chi connectivity index (χ4v) is 2.44. The molecule has 21 heavy (non-hydrogen) atoms. The van der Waals surface area contributed by atoms with E-state index >= 15 is 0 Å². The van der Waals surface area contributed by atoms with Crippen molar-refractivity contribution in [2.75, 3.05) is 24.1 Å². The summed E-state index contributed by atoms with van der Waals surface area (Å²) in [6, 6.07) is -0.580. The van der Waals surface area contributed by atoms with Crippen molar-refractivity contribution in [1.82, 2.24) is 14.5 Å². The van der Waals surface area contributed by atoms with Crippen LogP contribution in [-0.4, -0.2) is 39.5 Å². The molecule has 4 N–H and O–H groups in total. The predicted octanol–water partition coefficient (Wildman–Crippen LogP) is -0.531. The van der Waals surface area contributed by atoms with Gasteiger partial charge in [-0.2, -0.15) is 0 Å². The first kappa shape index (κ1) is 15.1. The predicted molar refractivity (Wildman–Crippen MR) is 80.2 cm³/mol. The van der Waals surface area contributed by atoms with Crippen molar-refractivity contribution in [3.63, 3.8) is 0 Å². The molecule has 0 bridgehead atoms. The Morgan fingerprint density at radius 3 is 2.52 bits per heavy atom. The Balaban J connectivity index is 2.18. The number of carbonyl (C=O) groups is 1. The second kappa shape index (κ2) is 6.02. The number of amides is 1. The standard InChI is InChI=1S/C13H21N5O3/c1-8(12(20)18-6-4-3-5-7-18)15-9-10(14)17(2)13(21)16-11(9)19/h8,15H,3-7,14H2,1-2H3,(H,16,19,21). The van der Waals surface area contributed by atoms with Crippen molar-refractivity contribution in [3.8, 4) is 0 Å². The molecule has 1 aliphatic rings. The SMILES string of the molecule is CC(Nc1c(N)n(C)c(=O)[nH]c1=O)C(=O)N1CCCCC1. The number of anilines is 2. The van der Waals surface area contributed by atoms with E-state index in [2.05, 4.69) is 10.3 Å². The lowest BCUT2D eigenvalue weighted by atomic mass is 10.1. The number of nitrogen functional groups attached to an aromatic ring is 1. The molecule has 0 saturated carbocycles. The number of hydrogen-bond donors (Lipinski definition) is 3. The van der Waals surface area contributed by atoms with Gasteiger partial charge in [-0.3, -0.25) is 19.1 Å². The van der Waals surface area contributed by atoms with E-state index in [4.69, 9.17) is 5.73 Å². The van der Waals surface area contributed by atoms with Gasteiger partial charge in [0.2, 0.25) is 5.91 Å². The van der Waals surface area contributed by atoms with Crippen LogP contribution in [0.15, 0.2) is 9.59 Å². The number of hydrogen-bond acceptors (Lipinski definition) is 5. The maximum Gasteiger partial charge on any atom is 0.329 e. The highest BCUT2D eigenvalue weighted by molar-refractivity contribution is 5.85. The van der Waals surface area contributed by atoms with Gasteiger partial charge < -0.3 is 16.0 Å². The summed E-state index contributed by atoms with van der Waals surface area (Å²) in [5.74, 6) is -0.0515. The van der Waals surface area contributed by atoms with Crippen molar-refractivity contribution in [1.29, 1.82) is 0 Å². The van der Waals surface area contributed by atoms with Gasteiger partial charge in [0, 0.05) is 20.1 Å². The number of nitrogens with one attached hydrogen (secondary N) is 2. The quantitative estimate of drug-likeness (QED) is 0.693.